The lowest BCUT2D eigenvalue weighted by Crippen LogP contribution is -2.46. The minimum absolute atomic E-state index is 0.0357. The molecule has 2 aromatic carbocycles. The number of benzene rings is 2. The summed E-state index contributed by atoms with van der Waals surface area (Å²) in [6.45, 7) is 0. The number of ketones is 1. The number of hydrogen-bond acceptors (Lipinski definition) is 8. The Labute approximate surface area is 223 Å². The molecule has 3 atom stereocenters. The Morgan fingerprint density at radius 2 is 1.79 bits per heavy atom. The first-order valence-corrected chi connectivity index (χ1v) is 12.9. The lowest BCUT2D eigenvalue weighted by Gasteiger charge is -2.43. The van der Waals surface area contributed by atoms with Gasteiger partial charge in [0.15, 0.2) is 5.78 Å². The molecule has 9 heteroatoms. The van der Waals surface area contributed by atoms with Crippen LogP contribution in [0.15, 0.2) is 94.1 Å². The number of anilines is 1. The third-order valence-corrected chi connectivity index (χ3v) is 7.77. The van der Waals surface area contributed by atoms with E-state index in [1.165, 1.54) is 48.7 Å². The third-order valence-electron chi connectivity index (χ3n) is 7.07. The molecule has 3 aromatic rings. The van der Waals surface area contributed by atoms with E-state index < -0.39 is 41.3 Å². The summed E-state index contributed by atoms with van der Waals surface area (Å²) in [6.07, 6.45) is 0.219. The highest BCUT2D eigenvalue weighted by molar-refractivity contribution is 7.08. The number of esters is 2. The van der Waals surface area contributed by atoms with Crippen LogP contribution in [0.2, 0.25) is 0 Å². The maximum absolute atomic E-state index is 14.4. The summed E-state index contributed by atoms with van der Waals surface area (Å²) in [5.74, 6) is -4.92. The fourth-order valence-electron chi connectivity index (χ4n) is 5.43. The van der Waals surface area contributed by atoms with Crippen molar-refractivity contribution in [3.63, 3.8) is 0 Å². The van der Waals surface area contributed by atoms with Gasteiger partial charge >= 0.3 is 11.9 Å². The first kappa shape index (κ1) is 25.4. The minimum atomic E-state index is -1.14. The van der Waals surface area contributed by atoms with Gasteiger partial charge in [-0.15, -0.1) is 0 Å². The summed E-state index contributed by atoms with van der Waals surface area (Å²) < 4.78 is 24.6. The van der Waals surface area contributed by atoms with Crippen molar-refractivity contribution in [1.29, 1.82) is 0 Å². The molecule has 0 amide bonds. The average Bonchev–Trinajstić information content (AvgIpc) is 3.46. The number of carbonyl (C=O) groups excluding carboxylic acids is 3. The van der Waals surface area contributed by atoms with Crippen LogP contribution in [0.4, 0.5) is 10.1 Å². The van der Waals surface area contributed by atoms with Gasteiger partial charge in [0.2, 0.25) is 0 Å². The molecule has 0 bridgehead atoms. The first-order chi connectivity index (χ1) is 18.4. The van der Waals surface area contributed by atoms with Crippen molar-refractivity contribution in [1.82, 2.24) is 0 Å². The summed E-state index contributed by atoms with van der Waals surface area (Å²) in [6, 6.07) is 16.8. The predicted molar refractivity (Wildman–Crippen MR) is 141 cm³/mol. The summed E-state index contributed by atoms with van der Waals surface area (Å²) in [7, 11) is 2.48. The fraction of sp³-hybridized carbons (Fsp3) is 0.207. The number of nitrogens with two attached hydrogens (primary N) is 1. The Morgan fingerprint density at radius 1 is 1.03 bits per heavy atom. The van der Waals surface area contributed by atoms with Crippen LogP contribution in [0.25, 0.3) is 0 Å². The number of rotatable bonds is 5. The Hall–Kier alpha value is -4.24. The second-order valence-corrected chi connectivity index (χ2v) is 9.82. The number of methoxy groups -OCH3 is 2. The van der Waals surface area contributed by atoms with Crippen LogP contribution in [-0.4, -0.2) is 31.9 Å². The topological polar surface area (TPSA) is 98.9 Å². The van der Waals surface area contributed by atoms with Crippen molar-refractivity contribution < 1.29 is 28.2 Å². The number of thiophene rings is 1. The number of hydrogen-bond donors (Lipinski definition) is 1. The molecule has 0 spiro atoms. The van der Waals surface area contributed by atoms with E-state index in [-0.39, 0.29) is 23.4 Å². The lowest BCUT2D eigenvalue weighted by molar-refractivity contribution is -0.150. The molecule has 1 aromatic heterocycles. The second kappa shape index (κ2) is 10.3. The normalized spacial score (nSPS) is 21.3. The molecule has 2 aliphatic rings. The summed E-state index contributed by atoms with van der Waals surface area (Å²) >= 11 is 1.40. The van der Waals surface area contributed by atoms with Gasteiger partial charge in [-0.05, 0) is 52.6 Å². The molecule has 38 heavy (non-hydrogen) atoms. The van der Waals surface area contributed by atoms with Crippen LogP contribution >= 0.6 is 11.3 Å². The van der Waals surface area contributed by atoms with Gasteiger partial charge in [0.1, 0.15) is 17.6 Å². The zero-order chi connectivity index (χ0) is 27.0. The zero-order valence-corrected chi connectivity index (χ0v) is 21.5. The summed E-state index contributed by atoms with van der Waals surface area (Å²) in [5, 5.41) is 3.66. The number of carbonyl (C=O) groups is 3. The number of allylic oxidation sites excluding steroid dienone is 2. The molecular formula is C29H25FN2O5S. The van der Waals surface area contributed by atoms with E-state index in [1.54, 1.807) is 12.1 Å². The first-order valence-electron chi connectivity index (χ1n) is 11.9. The highest BCUT2D eigenvalue weighted by Crippen LogP contribution is 2.51. The molecule has 0 saturated heterocycles. The van der Waals surface area contributed by atoms with Gasteiger partial charge in [-0.25, -0.2) is 9.18 Å². The second-order valence-electron chi connectivity index (χ2n) is 9.04. The van der Waals surface area contributed by atoms with Gasteiger partial charge in [-0.3, -0.25) is 14.5 Å². The predicted octanol–water partition coefficient (Wildman–Crippen LogP) is 4.63. The Balaban J connectivity index is 1.82. The molecule has 0 saturated carbocycles. The van der Waals surface area contributed by atoms with Gasteiger partial charge in [0.25, 0.3) is 0 Å². The molecule has 5 rings (SSSR count). The standard InChI is InChI=1S/C29H25FN2O5S/c1-36-28(34)23-20(16-7-4-3-5-8-16)14-21-24(26(23)33)22(17-11-12-38-15-17)25(29(35)37-2)27(31)32(21)19-10-6-9-18(30)13-19/h3-13,15,20,22-23H,14,31H2,1-2H3. The quantitative estimate of drug-likeness (QED) is 0.378. The van der Waals surface area contributed by atoms with Crippen molar-refractivity contribution in [3.05, 3.63) is 111 Å². The SMILES string of the molecule is COC(=O)C1=C(N)N(c2cccc(F)c2)C2=C(C(=O)C(C(=O)OC)C(c3ccccc3)C2)C1c1ccsc1. The van der Waals surface area contributed by atoms with Crippen molar-refractivity contribution in [2.75, 3.05) is 19.1 Å². The van der Waals surface area contributed by atoms with E-state index in [1.807, 2.05) is 41.1 Å². The molecule has 0 radical (unpaired) electrons. The van der Waals surface area contributed by atoms with Crippen molar-refractivity contribution in [3.8, 4) is 0 Å². The van der Waals surface area contributed by atoms with Crippen molar-refractivity contribution >= 4 is 34.7 Å². The molecule has 2 heterocycles. The van der Waals surface area contributed by atoms with Crippen molar-refractivity contribution in [2.45, 2.75) is 18.3 Å². The van der Waals surface area contributed by atoms with Crippen LogP contribution < -0.4 is 10.6 Å². The zero-order valence-electron chi connectivity index (χ0n) is 20.7. The number of Topliss-reactive ketones (excluding diaryl/α,β-unsaturated/α-hetero) is 1. The monoisotopic (exact) mass is 532 g/mol. The molecule has 0 fully saturated rings. The highest BCUT2D eigenvalue weighted by atomic mass is 32.1. The summed E-state index contributed by atoms with van der Waals surface area (Å²) in [4.78, 5) is 42.2. The lowest BCUT2D eigenvalue weighted by atomic mass is 9.67. The van der Waals surface area contributed by atoms with E-state index in [0.29, 0.717) is 16.9 Å². The van der Waals surface area contributed by atoms with Crippen LogP contribution in [0, 0.1) is 11.7 Å². The van der Waals surface area contributed by atoms with Gasteiger partial charge in [-0.1, -0.05) is 36.4 Å². The molecule has 194 valence electrons. The van der Waals surface area contributed by atoms with Crippen molar-refractivity contribution in [2.24, 2.45) is 11.7 Å². The molecule has 1 aliphatic carbocycles. The highest BCUT2D eigenvalue weighted by Gasteiger charge is 2.51. The maximum Gasteiger partial charge on any atom is 0.338 e. The Morgan fingerprint density at radius 3 is 2.42 bits per heavy atom. The molecule has 2 N–H and O–H groups in total. The molecule has 3 unspecified atom stereocenters. The van der Waals surface area contributed by atoms with Crippen LogP contribution in [0.3, 0.4) is 0 Å². The maximum atomic E-state index is 14.4. The molecule has 1 aliphatic heterocycles. The van der Waals surface area contributed by atoms with Crippen LogP contribution in [0.1, 0.15) is 29.4 Å². The van der Waals surface area contributed by atoms with Crippen LogP contribution in [-0.2, 0) is 23.9 Å². The largest absolute Gasteiger partial charge is 0.468 e. The summed E-state index contributed by atoms with van der Waals surface area (Å²) in [5.41, 5.74) is 9.25. The Bertz CT molecular complexity index is 1470. The fourth-order valence-corrected chi connectivity index (χ4v) is 6.12. The number of halogens is 1. The Kier molecular flexibility index (Phi) is 6.86. The number of nitrogens with zero attached hydrogens (tertiary/aromatic N) is 1. The van der Waals surface area contributed by atoms with E-state index >= 15 is 0 Å². The third kappa shape index (κ3) is 4.18. The van der Waals surface area contributed by atoms with E-state index in [9.17, 15) is 18.8 Å². The number of ether oxygens (including phenoxy) is 2. The van der Waals surface area contributed by atoms with E-state index in [4.69, 9.17) is 15.2 Å². The van der Waals surface area contributed by atoms with Gasteiger partial charge in [-0.2, -0.15) is 11.3 Å². The minimum Gasteiger partial charge on any atom is -0.468 e. The molecular weight excluding hydrogens is 507 g/mol. The van der Waals surface area contributed by atoms with E-state index in [0.717, 1.165) is 5.56 Å². The van der Waals surface area contributed by atoms with Crippen LogP contribution in [0.5, 0.6) is 0 Å². The van der Waals surface area contributed by atoms with Gasteiger partial charge < -0.3 is 15.2 Å². The van der Waals surface area contributed by atoms with E-state index in [2.05, 4.69) is 0 Å². The van der Waals surface area contributed by atoms with Gasteiger partial charge in [0, 0.05) is 17.2 Å². The smallest absolute Gasteiger partial charge is 0.338 e. The van der Waals surface area contributed by atoms with Gasteiger partial charge in [0.05, 0.1) is 31.4 Å². The molecule has 7 nitrogen and oxygen atoms in total. The average molecular weight is 533 g/mol.